The fourth-order valence-corrected chi connectivity index (χ4v) is 4.07. The van der Waals surface area contributed by atoms with Gasteiger partial charge in [-0.3, -0.25) is 9.69 Å². The first-order chi connectivity index (χ1) is 11.2. The maximum atomic E-state index is 12.3. The minimum atomic E-state index is 0.254. The van der Waals surface area contributed by atoms with Gasteiger partial charge in [0.2, 0.25) is 5.91 Å². The van der Waals surface area contributed by atoms with Crippen LogP contribution in [-0.2, 0) is 4.79 Å². The minimum Gasteiger partial charge on any atom is -0.355 e. The van der Waals surface area contributed by atoms with Crippen LogP contribution in [0, 0.1) is 11.8 Å². The molecule has 134 valence electrons. The Morgan fingerprint density at radius 1 is 1.30 bits per heavy atom. The molecular weight excluding hydrogens is 286 g/mol. The van der Waals surface area contributed by atoms with Crippen molar-refractivity contribution in [2.75, 3.05) is 32.7 Å². The van der Waals surface area contributed by atoms with E-state index in [0.717, 1.165) is 19.6 Å². The molecule has 4 heteroatoms. The van der Waals surface area contributed by atoms with Crippen molar-refractivity contribution in [1.82, 2.24) is 15.5 Å². The second-order valence-electron chi connectivity index (χ2n) is 7.63. The van der Waals surface area contributed by atoms with Gasteiger partial charge in [0.25, 0.3) is 0 Å². The monoisotopic (exact) mass is 323 g/mol. The number of nitrogens with one attached hydrogen (secondary N) is 2. The van der Waals surface area contributed by atoms with Crippen LogP contribution < -0.4 is 10.6 Å². The number of carbonyl (C=O) groups excluding carboxylic acids is 1. The van der Waals surface area contributed by atoms with Crippen LogP contribution >= 0.6 is 0 Å². The third kappa shape index (κ3) is 6.42. The van der Waals surface area contributed by atoms with Crippen LogP contribution in [0.1, 0.15) is 65.2 Å². The second kappa shape index (κ2) is 10.3. The molecule has 0 aliphatic carbocycles. The molecule has 0 aromatic heterocycles. The van der Waals surface area contributed by atoms with Crippen molar-refractivity contribution in [3.8, 4) is 0 Å². The zero-order valence-electron chi connectivity index (χ0n) is 15.3. The van der Waals surface area contributed by atoms with Crippen molar-refractivity contribution < 1.29 is 4.79 Å². The Morgan fingerprint density at radius 2 is 2.17 bits per heavy atom. The number of carbonyl (C=O) groups is 1. The zero-order valence-corrected chi connectivity index (χ0v) is 15.3. The van der Waals surface area contributed by atoms with Crippen LogP contribution in [0.2, 0.25) is 0 Å². The Hall–Kier alpha value is -0.610. The number of piperidine rings is 2. The predicted octanol–water partition coefficient (Wildman–Crippen LogP) is 2.78. The maximum absolute atomic E-state index is 12.3. The van der Waals surface area contributed by atoms with Gasteiger partial charge in [0.05, 0.1) is 0 Å². The van der Waals surface area contributed by atoms with Crippen molar-refractivity contribution in [3.63, 3.8) is 0 Å². The first-order valence-corrected chi connectivity index (χ1v) is 9.92. The highest BCUT2D eigenvalue weighted by Crippen LogP contribution is 2.22. The van der Waals surface area contributed by atoms with Crippen LogP contribution in [0.3, 0.4) is 0 Å². The lowest BCUT2D eigenvalue weighted by atomic mass is 9.85. The van der Waals surface area contributed by atoms with E-state index in [2.05, 4.69) is 29.4 Å². The summed E-state index contributed by atoms with van der Waals surface area (Å²) in [6.07, 6.45) is 9.62. The highest BCUT2D eigenvalue weighted by atomic mass is 16.1. The van der Waals surface area contributed by atoms with Gasteiger partial charge in [-0.25, -0.2) is 0 Å². The minimum absolute atomic E-state index is 0.254. The van der Waals surface area contributed by atoms with E-state index in [1.54, 1.807) is 0 Å². The van der Waals surface area contributed by atoms with Gasteiger partial charge >= 0.3 is 0 Å². The van der Waals surface area contributed by atoms with Crippen molar-refractivity contribution in [1.29, 1.82) is 0 Å². The second-order valence-corrected chi connectivity index (χ2v) is 7.63. The lowest BCUT2D eigenvalue weighted by Gasteiger charge is -2.36. The molecular formula is C19H37N3O. The molecule has 4 nitrogen and oxygen atoms in total. The number of hydrogen-bond acceptors (Lipinski definition) is 3. The summed E-state index contributed by atoms with van der Waals surface area (Å²) in [4.78, 5) is 14.9. The molecule has 0 saturated carbocycles. The number of nitrogens with zero attached hydrogens (tertiary/aromatic N) is 1. The SMILES string of the molecule is CCCCN1CCCCC1CNC(=O)CC(C)C1CCCNC1. The van der Waals surface area contributed by atoms with Crippen molar-refractivity contribution in [3.05, 3.63) is 0 Å². The third-order valence-electron chi connectivity index (χ3n) is 5.73. The summed E-state index contributed by atoms with van der Waals surface area (Å²) in [6.45, 7) is 9.98. The van der Waals surface area contributed by atoms with Gasteiger partial charge in [0.1, 0.15) is 0 Å². The Kier molecular flexibility index (Phi) is 8.38. The first-order valence-electron chi connectivity index (χ1n) is 9.92. The zero-order chi connectivity index (χ0) is 16.5. The van der Waals surface area contributed by atoms with Crippen molar-refractivity contribution in [2.24, 2.45) is 11.8 Å². The van der Waals surface area contributed by atoms with Gasteiger partial charge in [0.15, 0.2) is 0 Å². The van der Waals surface area contributed by atoms with Crippen LogP contribution in [-0.4, -0.2) is 49.6 Å². The van der Waals surface area contributed by atoms with Crippen LogP contribution in [0.4, 0.5) is 0 Å². The van der Waals surface area contributed by atoms with E-state index in [9.17, 15) is 4.79 Å². The Morgan fingerprint density at radius 3 is 2.91 bits per heavy atom. The number of amides is 1. The molecule has 0 radical (unpaired) electrons. The summed E-state index contributed by atoms with van der Waals surface area (Å²) < 4.78 is 0. The first kappa shape index (κ1) is 18.7. The largest absolute Gasteiger partial charge is 0.355 e. The van der Waals surface area contributed by atoms with Gasteiger partial charge in [-0.15, -0.1) is 0 Å². The molecule has 1 amide bonds. The summed E-state index contributed by atoms with van der Waals surface area (Å²) >= 11 is 0. The van der Waals surface area contributed by atoms with E-state index in [1.807, 2.05) is 0 Å². The normalized spacial score (nSPS) is 27.6. The average molecular weight is 324 g/mol. The molecule has 0 bridgehead atoms. The molecule has 2 rings (SSSR count). The molecule has 0 spiro atoms. The molecule has 2 aliphatic heterocycles. The van der Waals surface area contributed by atoms with Gasteiger partial charge < -0.3 is 10.6 Å². The lowest BCUT2D eigenvalue weighted by molar-refractivity contribution is -0.122. The van der Waals surface area contributed by atoms with E-state index >= 15 is 0 Å². The van der Waals surface area contributed by atoms with E-state index in [0.29, 0.717) is 24.3 Å². The van der Waals surface area contributed by atoms with E-state index in [4.69, 9.17) is 0 Å². The van der Waals surface area contributed by atoms with E-state index in [-0.39, 0.29) is 5.91 Å². The van der Waals surface area contributed by atoms with Gasteiger partial charge in [-0.2, -0.15) is 0 Å². The number of hydrogen-bond donors (Lipinski definition) is 2. The smallest absolute Gasteiger partial charge is 0.220 e. The fraction of sp³-hybridized carbons (Fsp3) is 0.947. The Balaban J connectivity index is 1.69. The van der Waals surface area contributed by atoms with Gasteiger partial charge in [-0.1, -0.05) is 26.7 Å². The predicted molar refractivity (Wildman–Crippen MR) is 96.5 cm³/mol. The third-order valence-corrected chi connectivity index (χ3v) is 5.73. The highest BCUT2D eigenvalue weighted by Gasteiger charge is 2.24. The number of rotatable bonds is 8. The van der Waals surface area contributed by atoms with Crippen LogP contribution in [0.5, 0.6) is 0 Å². The maximum Gasteiger partial charge on any atom is 0.220 e. The number of unbranched alkanes of at least 4 members (excludes halogenated alkanes) is 1. The van der Waals surface area contributed by atoms with Crippen LogP contribution in [0.25, 0.3) is 0 Å². The molecule has 2 aliphatic rings. The Bertz CT molecular complexity index is 342. The molecule has 0 aromatic rings. The highest BCUT2D eigenvalue weighted by molar-refractivity contribution is 5.76. The average Bonchev–Trinajstić information content (AvgIpc) is 2.59. The molecule has 2 N–H and O–H groups in total. The fourth-order valence-electron chi connectivity index (χ4n) is 4.07. The molecule has 0 aromatic carbocycles. The summed E-state index contributed by atoms with van der Waals surface area (Å²) in [5, 5.41) is 6.69. The van der Waals surface area contributed by atoms with Crippen LogP contribution in [0.15, 0.2) is 0 Å². The summed E-state index contributed by atoms with van der Waals surface area (Å²) in [7, 11) is 0. The topological polar surface area (TPSA) is 44.4 Å². The molecule has 3 atom stereocenters. The molecule has 23 heavy (non-hydrogen) atoms. The van der Waals surface area contributed by atoms with Crippen molar-refractivity contribution in [2.45, 2.75) is 71.3 Å². The molecule has 2 saturated heterocycles. The Labute approximate surface area is 142 Å². The standard InChI is InChI=1S/C19H37N3O/c1-3-4-11-22-12-6-5-9-18(22)15-21-19(23)13-16(2)17-8-7-10-20-14-17/h16-18,20H,3-15H2,1-2H3,(H,21,23). The molecule has 2 heterocycles. The lowest BCUT2D eigenvalue weighted by Crippen LogP contribution is -2.47. The van der Waals surface area contributed by atoms with E-state index < -0.39 is 0 Å². The van der Waals surface area contributed by atoms with Crippen molar-refractivity contribution >= 4 is 5.91 Å². The quantitative estimate of drug-likeness (QED) is 0.722. The molecule has 2 fully saturated rings. The van der Waals surface area contributed by atoms with Gasteiger partial charge in [0, 0.05) is 19.0 Å². The number of likely N-dealkylation sites (tertiary alicyclic amines) is 1. The summed E-state index contributed by atoms with van der Waals surface area (Å²) in [5.41, 5.74) is 0. The summed E-state index contributed by atoms with van der Waals surface area (Å²) in [5.74, 6) is 1.42. The summed E-state index contributed by atoms with van der Waals surface area (Å²) in [6, 6.07) is 0.561. The van der Waals surface area contributed by atoms with E-state index in [1.165, 1.54) is 58.0 Å². The van der Waals surface area contributed by atoms with Gasteiger partial charge in [-0.05, 0) is 70.1 Å². The molecule has 3 unspecified atom stereocenters.